The fourth-order valence-corrected chi connectivity index (χ4v) is 2.45. The van der Waals surface area contributed by atoms with Crippen molar-refractivity contribution in [2.24, 2.45) is 11.5 Å². The number of aryl methyl sites for hydroxylation is 1. The van der Waals surface area contributed by atoms with Crippen LogP contribution < -0.4 is 11.5 Å². The quantitative estimate of drug-likeness (QED) is 0.874. The normalized spacial score (nSPS) is 11.3. The predicted molar refractivity (Wildman–Crippen MR) is 73.5 cm³/mol. The van der Waals surface area contributed by atoms with Crippen LogP contribution in [0.25, 0.3) is 10.9 Å². The van der Waals surface area contributed by atoms with Gasteiger partial charge in [0.1, 0.15) is 0 Å². The molecule has 0 saturated carbocycles. The van der Waals surface area contributed by atoms with Crippen molar-refractivity contribution in [1.82, 2.24) is 4.57 Å². The average molecular weight is 252 g/mol. The number of hydrogen-bond acceptors (Lipinski definition) is 2. The summed E-state index contributed by atoms with van der Waals surface area (Å²) in [5.74, 6) is 0. The third-order valence-corrected chi connectivity index (χ3v) is 3.50. The van der Waals surface area contributed by atoms with E-state index in [4.69, 9.17) is 23.1 Å². The van der Waals surface area contributed by atoms with E-state index in [0.717, 1.165) is 23.6 Å². The van der Waals surface area contributed by atoms with Crippen molar-refractivity contribution in [3.63, 3.8) is 0 Å². The lowest BCUT2D eigenvalue weighted by Crippen LogP contribution is -2.09. The van der Waals surface area contributed by atoms with Gasteiger partial charge in [0.2, 0.25) is 0 Å². The van der Waals surface area contributed by atoms with Crippen LogP contribution in [0.3, 0.4) is 0 Å². The summed E-state index contributed by atoms with van der Waals surface area (Å²) in [6.45, 7) is 4.13. The summed E-state index contributed by atoms with van der Waals surface area (Å²) in [7, 11) is 0. The van der Waals surface area contributed by atoms with Crippen LogP contribution in [0.4, 0.5) is 0 Å². The molecule has 0 bridgehead atoms. The van der Waals surface area contributed by atoms with Crippen molar-refractivity contribution in [3.8, 4) is 0 Å². The van der Waals surface area contributed by atoms with Gasteiger partial charge in [-0.2, -0.15) is 0 Å². The van der Waals surface area contributed by atoms with E-state index in [0.29, 0.717) is 13.1 Å². The van der Waals surface area contributed by atoms with Gasteiger partial charge in [-0.05, 0) is 37.1 Å². The van der Waals surface area contributed by atoms with Crippen LogP contribution >= 0.6 is 11.6 Å². The first-order valence-corrected chi connectivity index (χ1v) is 6.23. The molecule has 0 aliphatic carbocycles. The molecule has 0 saturated heterocycles. The van der Waals surface area contributed by atoms with E-state index in [1.807, 2.05) is 13.0 Å². The Balaban J connectivity index is 2.67. The fraction of sp³-hybridized carbons (Fsp3) is 0.385. The number of nitrogens with zero attached hydrogens (tertiary/aromatic N) is 1. The number of hydrogen-bond donors (Lipinski definition) is 2. The molecule has 1 heterocycles. The molecular weight excluding hydrogens is 234 g/mol. The molecule has 92 valence electrons. The molecule has 0 fully saturated rings. The Morgan fingerprint density at radius 2 is 2.00 bits per heavy atom. The number of halogens is 1. The minimum Gasteiger partial charge on any atom is -0.346 e. The van der Waals surface area contributed by atoms with Gasteiger partial charge in [-0.1, -0.05) is 17.7 Å². The van der Waals surface area contributed by atoms with E-state index in [-0.39, 0.29) is 0 Å². The standard InChI is InChI=1S/C13H18ClN3/c1-9-12(14)3-2-11-10(4-5-15)8-17(7-6-16)13(9)11/h2-3,8H,4-7,15-16H2,1H3. The van der Waals surface area contributed by atoms with Crippen molar-refractivity contribution in [2.75, 3.05) is 13.1 Å². The molecule has 2 aromatic rings. The second-order valence-electron chi connectivity index (χ2n) is 4.24. The zero-order chi connectivity index (χ0) is 12.4. The van der Waals surface area contributed by atoms with Crippen molar-refractivity contribution < 1.29 is 0 Å². The first-order valence-electron chi connectivity index (χ1n) is 5.86. The number of nitrogens with two attached hydrogens (primary N) is 2. The molecule has 0 aliphatic rings. The van der Waals surface area contributed by atoms with E-state index in [9.17, 15) is 0 Å². The van der Waals surface area contributed by atoms with Crippen molar-refractivity contribution in [1.29, 1.82) is 0 Å². The number of rotatable bonds is 4. The lowest BCUT2D eigenvalue weighted by atomic mass is 10.1. The topological polar surface area (TPSA) is 57.0 Å². The maximum atomic E-state index is 6.18. The molecule has 0 spiro atoms. The van der Waals surface area contributed by atoms with Crippen LogP contribution in [0.1, 0.15) is 11.1 Å². The Hall–Kier alpha value is -1.03. The first kappa shape index (κ1) is 12.4. The second-order valence-corrected chi connectivity index (χ2v) is 4.65. The van der Waals surface area contributed by atoms with Crippen LogP contribution in [0.5, 0.6) is 0 Å². The minimum atomic E-state index is 0.623. The van der Waals surface area contributed by atoms with Gasteiger partial charge in [0.05, 0.1) is 5.52 Å². The molecule has 1 aromatic heterocycles. The Labute approximate surface area is 106 Å². The van der Waals surface area contributed by atoms with Crippen LogP contribution in [0.2, 0.25) is 5.02 Å². The van der Waals surface area contributed by atoms with E-state index < -0.39 is 0 Å². The molecule has 3 nitrogen and oxygen atoms in total. The Morgan fingerprint density at radius 1 is 1.24 bits per heavy atom. The Bertz CT molecular complexity index is 531. The number of fused-ring (bicyclic) bond motifs is 1. The summed E-state index contributed by atoms with van der Waals surface area (Å²) in [6.07, 6.45) is 3.03. The highest BCUT2D eigenvalue weighted by Gasteiger charge is 2.11. The third kappa shape index (κ3) is 2.18. The maximum Gasteiger partial charge on any atom is 0.0528 e. The predicted octanol–water partition coefficient (Wildman–Crippen LogP) is 2.06. The van der Waals surface area contributed by atoms with Gasteiger partial charge < -0.3 is 16.0 Å². The second kappa shape index (κ2) is 5.08. The van der Waals surface area contributed by atoms with Gasteiger partial charge in [0.25, 0.3) is 0 Å². The third-order valence-electron chi connectivity index (χ3n) is 3.09. The molecule has 0 radical (unpaired) electrons. The molecule has 0 aliphatic heterocycles. The summed E-state index contributed by atoms with van der Waals surface area (Å²) in [5, 5.41) is 2.04. The number of benzene rings is 1. The number of aromatic nitrogens is 1. The highest BCUT2D eigenvalue weighted by molar-refractivity contribution is 6.32. The summed E-state index contributed by atoms with van der Waals surface area (Å²) in [6, 6.07) is 4.02. The van der Waals surface area contributed by atoms with Gasteiger partial charge in [-0.3, -0.25) is 0 Å². The van der Waals surface area contributed by atoms with Gasteiger partial charge >= 0.3 is 0 Å². The van der Waals surface area contributed by atoms with Gasteiger partial charge in [0, 0.05) is 29.7 Å². The summed E-state index contributed by atoms with van der Waals surface area (Å²) >= 11 is 6.18. The van der Waals surface area contributed by atoms with E-state index >= 15 is 0 Å². The molecule has 0 atom stereocenters. The summed E-state index contributed by atoms with van der Waals surface area (Å²) in [5.41, 5.74) is 14.9. The highest BCUT2D eigenvalue weighted by atomic mass is 35.5. The molecule has 1 aromatic carbocycles. The van der Waals surface area contributed by atoms with Crippen molar-refractivity contribution >= 4 is 22.5 Å². The van der Waals surface area contributed by atoms with E-state index in [1.54, 1.807) is 0 Å². The monoisotopic (exact) mass is 251 g/mol. The molecule has 17 heavy (non-hydrogen) atoms. The molecule has 4 heteroatoms. The fourth-order valence-electron chi connectivity index (χ4n) is 2.30. The smallest absolute Gasteiger partial charge is 0.0528 e. The maximum absolute atomic E-state index is 6.18. The molecule has 2 rings (SSSR count). The van der Waals surface area contributed by atoms with Gasteiger partial charge in [0.15, 0.2) is 0 Å². The van der Waals surface area contributed by atoms with Gasteiger partial charge in [-0.25, -0.2) is 0 Å². The average Bonchev–Trinajstić information content (AvgIpc) is 2.64. The molecule has 4 N–H and O–H groups in total. The summed E-state index contributed by atoms with van der Waals surface area (Å²) < 4.78 is 2.18. The van der Waals surface area contributed by atoms with Crippen LogP contribution in [-0.4, -0.2) is 17.7 Å². The van der Waals surface area contributed by atoms with Crippen LogP contribution in [-0.2, 0) is 13.0 Å². The lowest BCUT2D eigenvalue weighted by molar-refractivity contribution is 0.730. The zero-order valence-corrected chi connectivity index (χ0v) is 10.8. The Morgan fingerprint density at radius 3 is 2.65 bits per heavy atom. The van der Waals surface area contributed by atoms with E-state index in [2.05, 4.69) is 16.8 Å². The summed E-state index contributed by atoms with van der Waals surface area (Å²) in [4.78, 5) is 0. The molecule has 0 unspecified atom stereocenters. The first-order chi connectivity index (χ1) is 8.19. The Kier molecular flexibility index (Phi) is 3.72. The zero-order valence-electron chi connectivity index (χ0n) is 10.0. The minimum absolute atomic E-state index is 0.623. The van der Waals surface area contributed by atoms with Crippen LogP contribution in [0.15, 0.2) is 18.3 Å². The van der Waals surface area contributed by atoms with Gasteiger partial charge in [-0.15, -0.1) is 0 Å². The van der Waals surface area contributed by atoms with Crippen molar-refractivity contribution in [2.45, 2.75) is 19.9 Å². The lowest BCUT2D eigenvalue weighted by Gasteiger charge is -2.06. The largest absolute Gasteiger partial charge is 0.346 e. The molecule has 0 amide bonds. The molecular formula is C13H18ClN3. The SMILES string of the molecule is Cc1c(Cl)ccc2c(CCN)cn(CCN)c12. The van der Waals surface area contributed by atoms with E-state index in [1.165, 1.54) is 16.5 Å². The van der Waals surface area contributed by atoms with Crippen LogP contribution in [0, 0.1) is 6.92 Å². The highest BCUT2D eigenvalue weighted by Crippen LogP contribution is 2.29. The van der Waals surface area contributed by atoms with Crippen molar-refractivity contribution in [3.05, 3.63) is 34.5 Å².